The summed E-state index contributed by atoms with van der Waals surface area (Å²) in [4.78, 5) is 2.47. The smallest absolute Gasteiger partial charge is 0.200 e. The first-order chi connectivity index (χ1) is 8.32. The van der Waals surface area contributed by atoms with Crippen LogP contribution >= 0.6 is 0 Å². The summed E-state index contributed by atoms with van der Waals surface area (Å²) in [5.74, 6) is 0. The van der Waals surface area contributed by atoms with Crippen molar-refractivity contribution in [3.63, 3.8) is 0 Å². The van der Waals surface area contributed by atoms with E-state index in [0.717, 1.165) is 6.61 Å². The summed E-state index contributed by atoms with van der Waals surface area (Å²) in [6.45, 7) is 16.4. The van der Waals surface area contributed by atoms with Crippen molar-refractivity contribution in [3.05, 3.63) is 0 Å². The van der Waals surface area contributed by atoms with Gasteiger partial charge in [-0.15, -0.1) is 0 Å². The SMILES string of the molecule is CC(C)[Si](OCC1CCCN1C)(C(C)C)C(C)C. The fourth-order valence-corrected chi connectivity index (χ4v) is 9.41. The highest BCUT2D eigenvalue weighted by molar-refractivity contribution is 6.77. The predicted molar refractivity (Wildman–Crippen MR) is 82.7 cm³/mol. The molecule has 0 spiro atoms. The summed E-state index contributed by atoms with van der Waals surface area (Å²) < 4.78 is 6.67. The Morgan fingerprint density at radius 1 is 1.06 bits per heavy atom. The number of hydrogen-bond acceptors (Lipinski definition) is 2. The maximum absolute atomic E-state index is 6.67. The van der Waals surface area contributed by atoms with Gasteiger partial charge in [-0.25, -0.2) is 0 Å². The molecule has 1 aliphatic heterocycles. The molecule has 1 saturated heterocycles. The molecule has 18 heavy (non-hydrogen) atoms. The minimum Gasteiger partial charge on any atom is -0.414 e. The molecule has 108 valence electrons. The van der Waals surface area contributed by atoms with E-state index < -0.39 is 8.32 Å². The summed E-state index contributed by atoms with van der Waals surface area (Å²) in [5.41, 5.74) is 2.10. The quantitative estimate of drug-likeness (QED) is 0.669. The van der Waals surface area contributed by atoms with Crippen LogP contribution in [0.1, 0.15) is 54.4 Å². The molecule has 3 heteroatoms. The van der Waals surface area contributed by atoms with E-state index in [9.17, 15) is 0 Å². The second kappa shape index (κ2) is 6.53. The van der Waals surface area contributed by atoms with E-state index in [1.165, 1.54) is 19.4 Å². The van der Waals surface area contributed by atoms with Gasteiger partial charge >= 0.3 is 0 Å². The molecule has 0 amide bonds. The maximum Gasteiger partial charge on any atom is 0.200 e. The number of hydrogen-bond donors (Lipinski definition) is 0. The third-order valence-electron chi connectivity index (χ3n) is 4.90. The molecule has 0 N–H and O–H groups in total. The molecule has 0 aromatic carbocycles. The topological polar surface area (TPSA) is 12.5 Å². The first-order valence-corrected chi connectivity index (χ1v) is 9.80. The summed E-state index contributed by atoms with van der Waals surface area (Å²) in [5, 5.41) is 0. The predicted octanol–water partition coefficient (Wildman–Crippen LogP) is 4.27. The van der Waals surface area contributed by atoms with Crippen LogP contribution < -0.4 is 0 Å². The Morgan fingerprint density at radius 2 is 1.56 bits per heavy atom. The van der Waals surface area contributed by atoms with Crippen LogP contribution in [-0.4, -0.2) is 39.5 Å². The van der Waals surface area contributed by atoms with Gasteiger partial charge in [0.25, 0.3) is 0 Å². The molecule has 1 fully saturated rings. The molecule has 1 unspecified atom stereocenters. The standard InChI is InChI=1S/C15H33NOSi/c1-12(2)18(13(3)4,14(5)6)17-11-15-9-8-10-16(15)7/h12-15H,8-11H2,1-7H3. The van der Waals surface area contributed by atoms with Crippen molar-refractivity contribution >= 4 is 8.32 Å². The molecule has 1 rings (SSSR count). The van der Waals surface area contributed by atoms with E-state index in [2.05, 4.69) is 53.5 Å². The summed E-state index contributed by atoms with van der Waals surface area (Å²) in [6, 6.07) is 0.660. The van der Waals surface area contributed by atoms with Gasteiger partial charge in [-0.05, 0) is 43.1 Å². The van der Waals surface area contributed by atoms with Gasteiger partial charge in [0, 0.05) is 12.6 Å². The molecular weight excluding hydrogens is 238 g/mol. The van der Waals surface area contributed by atoms with Gasteiger partial charge in [0.1, 0.15) is 0 Å². The van der Waals surface area contributed by atoms with Gasteiger partial charge in [-0.2, -0.15) is 0 Å². The molecule has 0 bridgehead atoms. The van der Waals surface area contributed by atoms with Crippen LogP contribution in [0.3, 0.4) is 0 Å². The van der Waals surface area contributed by atoms with Gasteiger partial charge in [0.05, 0.1) is 0 Å². The van der Waals surface area contributed by atoms with Crippen molar-refractivity contribution in [1.82, 2.24) is 4.90 Å². The Hall–Kier alpha value is 0.137. The molecule has 2 nitrogen and oxygen atoms in total. The Bertz CT molecular complexity index is 231. The van der Waals surface area contributed by atoms with E-state index >= 15 is 0 Å². The van der Waals surface area contributed by atoms with Crippen molar-refractivity contribution < 1.29 is 4.43 Å². The monoisotopic (exact) mass is 271 g/mol. The van der Waals surface area contributed by atoms with Crippen molar-refractivity contribution in [2.75, 3.05) is 20.2 Å². The van der Waals surface area contributed by atoms with Gasteiger partial charge in [0.2, 0.25) is 0 Å². The Morgan fingerprint density at radius 3 is 1.89 bits per heavy atom. The number of nitrogens with zero attached hydrogens (tertiary/aromatic N) is 1. The normalized spacial score (nSPS) is 22.7. The van der Waals surface area contributed by atoms with Crippen molar-refractivity contribution in [2.45, 2.75) is 77.0 Å². The highest BCUT2D eigenvalue weighted by atomic mass is 28.4. The largest absolute Gasteiger partial charge is 0.414 e. The van der Waals surface area contributed by atoms with E-state index in [0.29, 0.717) is 22.7 Å². The van der Waals surface area contributed by atoms with Crippen LogP contribution in [-0.2, 0) is 4.43 Å². The van der Waals surface area contributed by atoms with E-state index in [4.69, 9.17) is 4.43 Å². The molecule has 0 saturated carbocycles. The third-order valence-corrected chi connectivity index (χ3v) is 11.0. The fourth-order valence-electron chi connectivity index (χ4n) is 3.93. The number of likely N-dealkylation sites (N-methyl/N-ethyl adjacent to an activating group) is 1. The van der Waals surface area contributed by atoms with Gasteiger partial charge < -0.3 is 9.33 Å². The number of likely N-dealkylation sites (tertiary alicyclic amines) is 1. The van der Waals surface area contributed by atoms with Crippen LogP contribution in [0, 0.1) is 0 Å². The molecule has 0 aliphatic carbocycles. The molecule has 1 aliphatic rings. The Labute approximate surface area is 115 Å². The lowest BCUT2D eigenvalue weighted by molar-refractivity contribution is 0.180. The molecule has 0 aromatic rings. The lowest BCUT2D eigenvalue weighted by Gasteiger charge is -2.43. The van der Waals surface area contributed by atoms with Crippen LogP contribution in [0.5, 0.6) is 0 Å². The molecule has 0 aromatic heterocycles. The molecular formula is C15H33NOSi. The minimum atomic E-state index is -1.65. The van der Waals surface area contributed by atoms with Crippen LogP contribution in [0.2, 0.25) is 16.6 Å². The Kier molecular flexibility index (Phi) is 5.88. The average molecular weight is 272 g/mol. The molecule has 1 heterocycles. The first-order valence-electron chi connectivity index (χ1n) is 7.66. The van der Waals surface area contributed by atoms with Gasteiger partial charge in [-0.3, -0.25) is 0 Å². The average Bonchev–Trinajstić information content (AvgIpc) is 2.63. The zero-order chi connectivity index (χ0) is 13.9. The van der Waals surface area contributed by atoms with Gasteiger partial charge in [0.15, 0.2) is 8.32 Å². The minimum absolute atomic E-state index is 0.660. The van der Waals surface area contributed by atoms with E-state index in [1.807, 2.05) is 0 Å². The lowest BCUT2D eigenvalue weighted by atomic mass is 10.2. The molecule has 1 atom stereocenters. The molecule has 0 radical (unpaired) electrons. The summed E-state index contributed by atoms with van der Waals surface area (Å²) in [6.07, 6.45) is 2.65. The maximum atomic E-state index is 6.67. The zero-order valence-corrected chi connectivity index (χ0v) is 14.5. The number of rotatable bonds is 6. The van der Waals surface area contributed by atoms with Crippen molar-refractivity contribution in [2.24, 2.45) is 0 Å². The highest BCUT2D eigenvalue weighted by Crippen LogP contribution is 2.42. The van der Waals surface area contributed by atoms with E-state index in [1.54, 1.807) is 0 Å². The summed E-state index contributed by atoms with van der Waals surface area (Å²) >= 11 is 0. The van der Waals surface area contributed by atoms with E-state index in [-0.39, 0.29) is 0 Å². The van der Waals surface area contributed by atoms with Crippen LogP contribution in [0.15, 0.2) is 0 Å². The second-order valence-electron chi connectivity index (χ2n) is 6.91. The lowest BCUT2D eigenvalue weighted by Crippen LogP contribution is -2.49. The highest BCUT2D eigenvalue weighted by Gasteiger charge is 2.45. The van der Waals surface area contributed by atoms with Crippen molar-refractivity contribution in [3.8, 4) is 0 Å². The van der Waals surface area contributed by atoms with Gasteiger partial charge in [-0.1, -0.05) is 41.5 Å². The zero-order valence-electron chi connectivity index (χ0n) is 13.5. The Balaban J connectivity index is 2.72. The summed E-state index contributed by atoms with van der Waals surface area (Å²) in [7, 11) is 0.589. The third kappa shape index (κ3) is 3.17. The van der Waals surface area contributed by atoms with Crippen LogP contribution in [0.4, 0.5) is 0 Å². The fraction of sp³-hybridized carbons (Fsp3) is 1.00. The second-order valence-corrected chi connectivity index (χ2v) is 12.4. The first kappa shape index (κ1) is 16.2. The van der Waals surface area contributed by atoms with Crippen LogP contribution in [0.25, 0.3) is 0 Å². The van der Waals surface area contributed by atoms with Crippen molar-refractivity contribution in [1.29, 1.82) is 0 Å².